The van der Waals surface area contributed by atoms with Gasteiger partial charge in [-0.2, -0.15) is 0 Å². The van der Waals surface area contributed by atoms with E-state index in [0.717, 1.165) is 36.1 Å². The van der Waals surface area contributed by atoms with E-state index in [9.17, 15) is 4.79 Å². The maximum Gasteiger partial charge on any atom is 0.267 e. The topological polar surface area (TPSA) is 70.4 Å². The third-order valence-corrected chi connectivity index (χ3v) is 5.79. The fourth-order valence-corrected chi connectivity index (χ4v) is 4.27. The van der Waals surface area contributed by atoms with E-state index in [4.69, 9.17) is 5.21 Å². The molecule has 1 atom stereocenters. The van der Waals surface area contributed by atoms with Crippen LogP contribution in [0, 0.1) is 0 Å². The molecule has 1 aliphatic rings. The van der Waals surface area contributed by atoms with Crippen molar-refractivity contribution in [1.29, 1.82) is 0 Å². The van der Waals surface area contributed by atoms with Crippen molar-refractivity contribution >= 4 is 23.0 Å². The van der Waals surface area contributed by atoms with Gasteiger partial charge >= 0.3 is 0 Å². The van der Waals surface area contributed by atoms with Gasteiger partial charge in [0, 0.05) is 18.7 Å². The molecule has 2 aromatic carbocycles. The van der Waals surface area contributed by atoms with E-state index in [2.05, 4.69) is 50.8 Å². The van der Waals surface area contributed by atoms with Crippen molar-refractivity contribution in [2.75, 3.05) is 19.6 Å². The maximum absolute atomic E-state index is 11.2. The van der Waals surface area contributed by atoms with Crippen molar-refractivity contribution in [3.8, 4) is 0 Å². The number of piperidine rings is 1. The number of amides is 1. The zero-order valence-electron chi connectivity index (χ0n) is 17.1. The minimum absolute atomic E-state index is 0.432. The summed E-state index contributed by atoms with van der Waals surface area (Å²) in [6.07, 6.45) is 9.58. The third kappa shape index (κ3) is 4.96. The second kappa shape index (κ2) is 9.69. The van der Waals surface area contributed by atoms with Crippen LogP contribution < -0.4 is 5.48 Å². The average molecular weight is 405 g/mol. The second-order valence-corrected chi connectivity index (χ2v) is 7.90. The number of fused-ring (bicyclic) bond motifs is 1. The van der Waals surface area contributed by atoms with Gasteiger partial charge in [0.2, 0.25) is 0 Å². The van der Waals surface area contributed by atoms with Gasteiger partial charge in [-0.05, 0) is 68.1 Å². The highest BCUT2D eigenvalue weighted by molar-refractivity contribution is 5.91. The summed E-state index contributed by atoms with van der Waals surface area (Å²) < 4.78 is 2.30. The van der Waals surface area contributed by atoms with Crippen LogP contribution in [0.25, 0.3) is 17.1 Å². The number of hydrogen-bond donors (Lipinski definition) is 2. The van der Waals surface area contributed by atoms with Crippen LogP contribution in [0.1, 0.15) is 36.4 Å². The van der Waals surface area contributed by atoms with Gasteiger partial charge in [-0.25, -0.2) is 10.5 Å². The number of aryl methyl sites for hydroxylation is 1. The lowest BCUT2D eigenvalue weighted by Gasteiger charge is -2.33. The van der Waals surface area contributed by atoms with Crippen LogP contribution in [0.3, 0.4) is 0 Å². The molecule has 0 spiro atoms. The molecule has 1 amide bonds. The summed E-state index contributed by atoms with van der Waals surface area (Å²) in [4.78, 5) is 18.3. The molecule has 2 heterocycles. The van der Waals surface area contributed by atoms with Crippen molar-refractivity contribution in [3.63, 3.8) is 0 Å². The van der Waals surface area contributed by atoms with Crippen molar-refractivity contribution < 1.29 is 10.0 Å². The molecule has 3 aromatic rings. The fraction of sp³-hybridized carbons (Fsp3) is 0.333. The number of aromatic nitrogens is 2. The van der Waals surface area contributed by atoms with Crippen molar-refractivity contribution in [1.82, 2.24) is 19.9 Å². The van der Waals surface area contributed by atoms with Crippen LogP contribution in [-0.4, -0.2) is 45.2 Å². The molecule has 0 radical (unpaired) electrons. The molecule has 0 saturated carbocycles. The highest BCUT2D eigenvalue weighted by atomic mass is 16.5. The SMILES string of the molecule is O=C(C=Cc1ccc2c(c1)ncn2C1CCCN(CCCc2ccccc2)C1)NO. The average Bonchev–Trinajstić information content (AvgIpc) is 3.22. The van der Waals surface area contributed by atoms with Crippen molar-refractivity contribution in [2.45, 2.75) is 31.7 Å². The van der Waals surface area contributed by atoms with E-state index >= 15 is 0 Å². The van der Waals surface area contributed by atoms with E-state index in [1.54, 1.807) is 11.6 Å². The molecule has 1 aromatic heterocycles. The molecular weight excluding hydrogens is 376 g/mol. The van der Waals surface area contributed by atoms with Gasteiger partial charge in [-0.3, -0.25) is 10.0 Å². The van der Waals surface area contributed by atoms with Gasteiger partial charge in [0.25, 0.3) is 5.91 Å². The van der Waals surface area contributed by atoms with E-state index in [1.807, 2.05) is 18.5 Å². The number of carbonyl (C=O) groups excluding carboxylic acids is 1. The van der Waals surface area contributed by atoms with Crippen LogP contribution in [0.5, 0.6) is 0 Å². The Bertz CT molecular complexity index is 1010. The van der Waals surface area contributed by atoms with Crippen LogP contribution >= 0.6 is 0 Å². The first-order valence-corrected chi connectivity index (χ1v) is 10.6. The number of carbonyl (C=O) groups is 1. The third-order valence-electron chi connectivity index (χ3n) is 5.79. The molecule has 6 nitrogen and oxygen atoms in total. The molecule has 2 N–H and O–H groups in total. The Morgan fingerprint density at radius 1 is 1.23 bits per heavy atom. The summed E-state index contributed by atoms with van der Waals surface area (Å²) >= 11 is 0. The number of rotatable bonds is 7. The number of likely N-dealkylation sites (tertiary alicyclic amines) is 1. The first-order valence-electron chi connectivity index (χ1n) is 10.6. The molecule has 0 aliphatic carbocycles. The molecule has 1 saturated heterocycles. The molecule has 4 rings (SSSR count). The van der Waals surface area contributed by atoms with Gasteiger partial charge in [0.15, 0.2) is 0 Å². The van der Waals surface area contributed by atoms with Crippen molar-refractivity contribution in [2.24, 2.45) is 0 Å². The number of imidazole rings is 1. The summed E-state index contributed by atoms with van der Waals surface area (Å²) in [5, 5.41) is 8.60. The lowest BCUT2D eigenvalue weighted by molar-refractivity contribution is -0.124. The second-order valence-electron chi connectivity index (χ2n) is 7.90. The van der Waals surface area contributed by atoms with Gasteiger partial charge in [-0.15, -0.1) is 0 Å². The van der Waals surface area contributed by atoms with Crippen LogP contribution in [0.4, 0.5) is 0 Å². The van der Waals surface area contributed by atoms with Crippen LogP contribution in [0.2, 0.25) is 0 Å². The number of hydrogen-bond acceptors (Lipinski definition) is 4. The smallest absolute Gasteiger partial charge is 0.267 e. The van der Waals surface area contributed by atoms with Gasteiger partial charge in [0.1, 0.15) is 0 Å². The summed E-state index contributed by atoms with van der Waals surface area (Å²) in [7, 11) is 0. The van der Waals surface area contributed by atoms with Gasteiger partial charge < -0.3 is 9.47 Å². The minimum Gasteiger partial charge on any atom is -0.326 e. The summed E-state index contributed by atoms with van der Waals surface area (Å²) in [6.45, 7) is 3.35. The van der Waals surface area contributed by atoms with E-state index in [-0.39, 0.29) is 0 Å². The number of nitrogens with zero attached hydrogens (tertiary/aromatic N) is 3. The largest absolute Gasteiger partial charge is 0.326 e. The van der Waals surface area contributed by atoms with Crippen molar-refractivity contribution in [3.05, 3.63) is 72.1 Å². The van der Waals surface area contributed by atoms with Crippen LogP contribution in [-0.2, 0) is 11.2 Å². The standard InChI is InChI=1S/C24H28N4O2/c29-24(26-30)13-11-20-10-12-23-22(16-20)25-18-28(23)21-9-5-15-27(17-21)14-4-8-19-6-2-1-3-7-19/h1-3,6-7,10-13,16,18,21,30H,4-5,8-9,14-15,17H2,(H,26,29). The molecule has 30 heavy (non-hydrogen) atoms. The molecular formula is C24H28N4O2. The normalized spacial score (nSPS) is 17.6. The van der Waals surface area contributed by atoms with Crippen LogP contribution in [0.15, 0.2) is 60.9 Å². The zero-order valence-corrected chi connectivity index (χ0v) is 17.1. The molecule has 1 aliphatic heterocycles. The summed E-state index contributed by atoms with van der Waals surface area (Å²) in [5.74, 6) is -0.546. The Labute approximate surface area is 176 Å². The Morgan fingerprint density at radius 2 is 2.10 bits per heavy atom. The number of nitrogens with one attached hydrogen (secondary N) is 1. The first-order chi connectivity index (χ1) is 14.7. The number of benzene rings is 2. The zero-order chi connectivity index (χ0) is 20.8. The fourth-order valence-electron chi connectivity index (χ4n) is 4.27. The minimum atomic E-state index is -0.546. The predicted octanol–water partition coefficient (Wildman–Crippen LogP) is 3.82. The number of hydroxylamine groups is 1. The molecule has 156 valence electrons. The molecule has 1 fully saturated rings. The lowest BCUT2D eigenvalue weighted by atomic mass is 10.0. The molecule has 0 bridgehead atoms. The Balaban J connectivity index is 1.39. The highest BCUT2D eigenvalue weighted by Crippen LogP contribution is 2.26. The quantitative estimate of drug-likeness (QED) is 0.357. The van der Waals surface area contributed by atoms with E-state index in [1.165, 1.54) is 37.4 Å². The predicted molar refractivity (Wildman–Crippen MR) is 118 cm³/mol. The van der Waals surface area contributed by atoms with Gasteiger partial charge in [0.05, 0.1) is 17.4 Å². The summed E-state index contributed by atoms with van der Waals surface area (Å²) in [6, 6.07) is 17.1. The Kier molecular flexibility index (Phi) is 6.57. The molecule has 6 heteroatoms. The highest BCUT2D eigenvalue weighted by Gasteiger charge is 2.22. The first kappa shape index (κ1) is 20.3. The van der Waals surface area contributed by atoms with Gasteiger partial charge in [-0.1, -0.05) is 36.4 Å². The Morgan fingerprint density at radius 3 is 2.93 bits per heavy atom. The maximum atomic E-state index is 11.2. The monoisotopic (exact) mass is 404 g/mol. The lowest BCUT2D eigenvalue weighted by Crippen LogP contribution is -2.37. The Hall–Kier alpha value is -2.96. The van der Waals surface area contributed by atoms with E-state index in [0.29, 0.717) is 6.04 Å². The summed E-state index contributed by atoms with van der Waals surface area (Å²) in [5.41, 5.74) is 5.92. The van der Waals surface area contributed by atoms with E-state index < -0.39 is 5.91 Å². The molecule has 1 unspecified atom stereocenters.